The summed E-state index contributed by atoms with van der Waals surface area (Å²) in [6.45, 7) is 6.70. The van der Waals surface area contributed by atoms with E-state index < -0.39 is 0 Å². The second kappa shape index (κ2) is 6.31. The third-order valence-electron chi connectivity index (χ3n) is 3.03. The van der Waals surface area contributed by atoms with Gasteiger partial charge < -0.3 is 5.32 Å². The third kappa shape index (κ3) is 2.98. The van der Waals surface area contributed by atoms with Crippen LogP contribution in [-0.2, 0) is 6.42 Å². The van der Waals surface area contributed by atoms with E-state index in [0.29, 0.717) is 5.82 Å². The van der Waals surface area contributed by atoms with E-state index in [0.717, 1.165) is 40.1 Å². The lowest BCUT2D eigenvalue weighted by molar-refractivity contribution is 0.627. The Labute approximate surface area is 126 Å². The first-order valence-corrected chi connectivity index (χ1v) is 7.42. The molecule has 0 aliphatic carbocycles. The molecule has 2 aromatic rings. The van der Waals surface area contributed by atoms with E-state index in [1.165, 1.54) is 12.1 Å². The van der Waals surface area contributed by atoms with Gasteiger partial charge in [-0.15, -0.1) is 0 Å². The Morgan fingerprint density at radius 1 is 1.25 bits per heavy atom. The number of rotatable bonds is 4. The van der Waals surface area contributed by atoms with Crippen LogP contribution in [0.4, 0.5) is 10.2 Å². The van der Waals surface area contributed by atoms with Crippen molar-refractivity contribution < 1.29 is 4.39 Å². The Morgan fingerprint density at radius 2 is 2.00 bits per heavy atom. The first-order valence-electron chi connectivity index (χ1n) is 6.63. The normalized spacial score (nSPS) is 10.7. The van der Waals surface area contributed by atoms with Gasteiger partial charge in [-0.2, -0.15) is 0 Å². The van der Waals surface area contributed by atoms with Crippen molar-refractivity contribution in [1.29, 1.82) is 0 Å². The van der Waals surface area contributed by atoms with Gasteiger partial charge in [-0.25, -0.2) is 14.4 Å². The summed E-state index contributed by atoms with van der Waals surface area (Å²) in [4.78, 5) is 9.11. The highest BCUT2D eigenvalue weighted by molar-refractivity contribution is 9.10. The highest BCUT2D eigenvalue weighted by Gasteiger charge is 2.13. The van der Waals surface area contributed by atoms with Gasteiger partial charge in [0.1, 0.15) is 11.6 Å². The monoisotopic (exact) mass is 337 g/mol. The van der Waals surface area contributed by atoms with Gasteiger partial charge in [0, 0.05) is 12.1 Å². The molecular weight excluding hydrogens is 321 g/mol. The van der Waals surface area contributed by atoms with Crippen LogP contribution in [0, 0.1) is 12.7 Å². The third-order valence-corrected chi connectivity index (χ3v) is 3.86. The van der Waals surface area contributed by atoms with Gasteiger partial charge >= 0.3 is 0 Å². The molecule has 0 radical (unpaired) electrons. The molecule has 20 heavy (non-hydrogen) atoms. The molecule has 0 spiro atoms. The molecule has 1 aromatic carbocycles. The standard InChI is InChI=1S/C15H17BrFN3/c1-4-12-13(16)15(18-5-2)20-14(19-12)11-7-6-10(17)8-9(11)3/h6-8H,4-5H2,1-3H3,(H,18,19,20). The van der Waals surface area contributed by atoms with E-state index in [2.05, 4.69) is 31.2 Å². The molecule has 0 amide bonds. The maximum absolute atomic E-state index is 13.2. The molecular formula is C15H17BrFN3. The van der Waals surface area contributed by atoms with Crippen molar-refractivity contribution in [3.05, 3.63) is 39.7 Å². The highest BCUT2D eigenvalue weighted by Crippen LogP contribution is 2.29. The fourth-order valence-corrected chi connectivity index (χ4v) is 2.61. The van der Waals surface area contributed by atoms with Gasteiger partial charge in [-0.1, -0.05) is 6.92 Å². The average Bonchev–Trinajstić information content (AvgIpc) is 2.41. The zero-order chi connectivity index (χ0) is 14.7. The maximum atomic E-state index is 13.2. The Hall–Kier alpha value is -1.49. The van der Waals surface area contributed by atoms with Gasteiger partial charge in [0.05, 0.1) is 10.2 Å². The van der Waals surface area contributed by atoms with E-state index in [-0.39, 0.29) is 5.82 Å². The maximum Gasteiger partial charge on any atom is 0.162 e. The van der Waals surface area contributed by atoms with Crippen molar-refractivity contribution in [1.82, 2.24) is 9.97 Å². The minimum Gasteiger partial charge on any atom is -0.369 e. The summed E-state index contributed by atoms with van der Waals surface area (Å²) in [5.41, 5.74) is 2.62. The molecule has 0 unspecified atom stereocenters. The largest absolute Gasteiger partial charge is 0.369 e. The second-order valence-electron chi connectivity index (χ2n) is 4.50. The highest BCUT2D eigenvalue weighted by atomic mass is 79.9. The van der Waals surface area contributed by atoms with E-state index in [4.69, 9.17) is 0 Å². The Morgan fingerprint density at radius 3 is 2.60 bits per heavy atom. The lowest BCUT2D eigenvalue weighted by Crippen LogP contribution is -2.06. The van der Waals surface area contributed by atoms with Crippen LogP contribution in [0.3, 0.4) is 0 Å². The van der Waals surface area contributed by atoms with Crippen molar-refractivity contribution >= 4 is 21.7 Å². The molecule has 0 bridgehead atoms. The number of anilines is 1. The number of nitrogens with one attached hydrogen (secondary N) is 1. The van der Waals surface area contributed by atoms with E-state index in [1.807, 2.05) is 20.8 Å². The van der Waals surface area contributed by atoms with Crippen molar-refractivity contribution in [3.63, 3.8) is 0 Å². The lowest BCUT2D eigenvalue weighted by atomic mass is 10.1. The van der Waals surface area contributed by atoms with Crippen LogP contribution in [0.15, 0.2) is 22.7 Å². The van der Waals surface area contributed by atoms with Gasteiger partial charge in [-0.3, -0.25) is 0 Å². The summed E-state index contributed by atoms with van der Waals surface area (Å²) in [5, 5.41) is 3.22. The minimum absolute atomic E-state index is 0.244. The molecule has 0 atom stereocenters. The van der Waals surface area contributed by atoms with Crippen molar-refractivity contribution in [2.24, 2.45) is 0 Å². The average molecular weight is 338 g/mol. The molecule has 0 aliphatic heterocycles. The molecule has 0 aliphatic rings. The predicted octanol–water partition coefficient (Wildman–Crippen LogP) is 4.35. The fraction of sp³-hybridized carbons (Fsp3) is 0.333. The summed E-state index contributed by atoms with van der Waals surface area (Å²) in [6, 6.07) is 4.66. The molecule has 5 heteroatoms. The predicted molar refractivity (Wildman–Crippen MR) is 83.4 cm³/mol. The number of benzene rings is 1. The van der Waals surface area contributed by atoms with Crippen molar-refractivity contribution in [2.45, 2.75) is 27.2 Å². The van der Waals surface area contributed by atoms with Crippen molar-refractivity contribution in [3.8, 4) is 11.4 Å². The molecule has 1 heterocycles. The Kier molecular flexibility index (Phi) is 4.70. The molecule has 2 rings (SSSR count). The molecule has 106 valence electrons. The van der Waals surface area contributed by atoms with Gasteiger partial charge in [0.25, 0.3) is 0 Å². The topological polar surface area (TPSA) is 37.8 Å². The van der Waals surface area contributed by atoms with Gasteiger partial charge in [-0.05, 0) is 60.0 Å². The summed E-state index contributed by atoms with van der Waals surface area (Å²) < 4.78 is 14.1. The van der Waals surface area contributed by atoms with Gasteiger partial charge in [0.2, 0.25) is 0 Å². The first-order chi connectivity index (χ1) is 9.56. The van der Waals surface area contributed by atoms with Crippen LogP contribution in [0.5, 0.6) is 0 Å². The molecule has 1 aromatic heterocycles. The number of hydrogen-bond acceptors (Lipinski definition) is 3. The quantitative estimate of drug-likeness (QED) is 0.901. The summed E-state index contributed by atoms with van der Waals surface area (Å²) in [7, 11) is 0. The first kappa shape index (κ1) is 14.9. The molecule has 0 saturated heterocycles. The summed E-state index contributed by atoms with van der Waals surface area (Å²) in [6.07, 6.45) is 0.800. The SMILES string of the molecule is CCNc1nc(-c2ccc(F)cc2C)nc(CC)c1Br. The zero-order valence-corrected chi connectivity index (χ0v) is 13.4. The zero-order valence-electron chi connectivity index (χ0n) is 11.8. The lowest BCUT2D eigenvalue weighted by Gasteiger charge is -2.12. The summed E-state index contributed by atoms with van der Waals surface area (Å²) >= 11 is 3.53. The number of halogens is 2. The molecule has 0 saturated carbocycles. The number of aryl methyl sites for hydroxylation is 2. The van der Waals surface area contributed by atoms with Crippen LogP contribution in [-0.4, -0.2) is 16.5 Å². The minimum atomic E-state index is -0.244. The van der Waals surface area contributed by atoms with Crippen LogP contribution in [0.2, 0.25) is 0 Å². The van der Waals surface area contributed by atoms with Crippen LogP contribution < -0.4 is 5.32 Å². The number of hydrogen-bond donors (Lipinski definition) is 1. The van der Waals surface area contributed by atoms with E-state index in [1.54, 1.807) is 6.07 Å². The Balaban J connectivity index is 2.58. The Bertz CT molecular complexity index is 629. The number of nitrogens with zero attached hydrogens (tertiary/aromatic N) is 2. The molecule has 3 nitrogen and oxygen atoms in total. The van der Waals surface area contributed by atoms with Crippen LogP contribution in [0.1, 0.15) is 25.1 Å². The van der Waals surface area contributed by atoms with Gasteiger partial charge in [0.15, 0.2) is 5.82 Å². The van der Waals surface area contributed by atoms with Crippen molar-refractivity contribution in [2.75, 3.05) is 11.9 Å². The molecule has 0 fully saturated rings. The van der Waals surface area contributed by atoms with Crippen LogP contribution in [0.25, 0.3) is 11.4 Å². The second-order valence-corrected chi connectivity index (χ2v) is 5.29. The fourth-order valence-electron chi connectivity index (χ4n) is 2.01. The summed E-state index contributed by atoms with van der Waals surface area (Å²) in [5.74, 6) is 1.16. The molecule has 1 N–H and O–H groups in total. The van der Waals surface area contributed by atoms with E-state index in [9.17, 15) is 4.39 Å². The van der Waals surface area contributed by atoms with Crippen LogP contribution >= 0.6 is 15.9 Å². The smallest absolute Gasteiger partial charge is 0.162 e. The number of aromatic nitrogens is 2. The van der Waals surface area contributed by atoms with E-state index >= 15 is 0 Å².